The van der Waals surface area contributed by atoms with Gasteiger partial charge in [-0.05, 0) is 25.2 Å². The maximum atomic E-state index is 11.7. The smallest absolute Gasteiger partial charge is 0.224 e. The highest BCUT2D eigenvalue weighted by atomic mass is 16.1. The second kappa shape index (κ2) is 4.30. The molecule has 2 unspecified atom stereocenters. The van der Waals surface area contributed by atoms with Crippen molar-refractivity contribution in [2.75, 3.05) is 6.54 Å². The van der Waals surface area contributed by atoms with Gasteiger partial charge in [-0.2, -0.15) is 0 Å². The van der Waals surface area contributed by atoms with Gasteiger partial charge in [0.1, 0.15) is 0 Å². The Morgan fingerprint density at radius 3 is 2.64 bits per heavy atom. The first-order chi connectivity index (χ1) is 6.77. The topological polar surface area (TPSA) is 55.1 Å². The molecule has 3 N–H and O–H groups in total. The Morgan fingerprint density at radius 2 is 2.07 bits per heavy atom. The zero-order chi connectivity index (χ0) is 9.97. The van der Waals surface area contributed by atoms with Crippen molar-refractivity contribution in [1.29, 1.82) is 0 Å². The SMILES string of the molecule is NC1CCCC1C(=O)NCCC1CC1. The van der Waals surface area contributed by atoms with Crippen LogP contribution in [0.4, 0.5) is 0 Å². The molecule has 2 saturated carbocycles. The van der Waals surface area contributed by atoms with Gasteiger partial charge in [-0.25, -0.2) is 0 Å². The highest BCUT2D eigenvalue weighted by molar-refractivity contribution is 5.79. The molecule has 0 radical (unpaired) electrons. The van der Waals surface area contributed by atoms with Gasteiger partial charge in [-0.3, -0.25) is 4.79 Å². The minimum absolute atomic E-state index is 0.0919. The summed E-state index contributed by atoms with van der Waals surface area (Å²) in [5, 5.41) is 3.01. The van der Waals surface area contributed by atoms with E-state index in [0.29, 0.717) is 0 Å². The van der Waals surface area contributed by atoms with Gasteiger partial charge >= 0.3 is 0 Å². The number of nitrogens with one attached hydrogen (secondary N) is 1. The summed E-state index contributed by atoms with van der Waals surface area (Å²) < 4.78 is 0. The highest BCUT2D eigenvalue weighted by Crippen LogP contribution is 2.31. The van der Waals surface area contributed by atoms with Crippen LogP contribution in [-0.2, 0) is 4.79 Å². The Balaban J connectivity index is 1.65. The van der Waals surface area contributed by atoms with Crippen molar-refractivity contribution >= 4 is 5.91 Å². The van der Waals surface area contributed by atoms with Crippen molar-refractivity contribution in [3.05, 3.63) is 0 Å². The van der Waals surface area contributed by atoms with Crippen molar-refractivity contribution in [3.8, 4) is 0 Å². The number of hydrogen-bond donors (Lipinski definition) is 2. The first kappa shape index (κ1) is 9.97. The standard InChI is InChI=1S/C11H20N2O/c12-10-3-1-2-9(10)11(14)13-7-6-8-4-5-8/h8-10H,1-7,12H2,(H,13,14). The van der Waals surface area contributed by atoms with Crippen molar-refractivity contribution in [2.24, 2.45) is 17.6 Å². The number of hydrogen-bond acceptors (Lipinski definition) is 2. The summed E-state index contributed by atoms with van der Waals surface area (Å²) >= 11 is 0. The van der Waals surface area contributed by atoms with Crippen LogP contribution < -0.4 is 11.1 Å². The van der Waals surface area contributed by atoms with Gasteiger partial charge in [0, 0.05) is 12.6 Å². The van der Waals surface area contributed by atoms with Crippen LogP contribution in [0.25, 0.3) is 0 Å². The largest absolute Gasteiger partial charge is 0.356 e. The maximum absolute atomic E-state index is 11.7. The normalized spacial score (nSPS) is 31.8. The van der Waals surface area contributed by atoms with Crippen LogP contribution in [0, 0.1) is 11.8 Å². The molecule has 2 fully saturated rings. The average Bonchev–Trinajstić information content (AvgIpc) is 2.87. The van der Waals surface area contributed by atoms with Gasteiger partial charge in [0.25, 0.3) is 0 Å². The Bertz CT molecular complexity index is 213. The third-order valence-electron chi connectivity index (χ3n) is 3.45. The van der Waals surface area contributed by atoms with Gasteiger partial charge in [-0.1, -0.05) is 19.3 Å². The quantitative estimate of drug-likeness (QED) is 0.705. The first-order valence-electron chi connectivity index (χ1n) is 5.80. The third-order valence-corrected chi connectivity index (χ3v) is 3.45. The molecule has 2 rings (SSSR count). The minimum atomic E-state index is 0.0919. The van der Waals surface area contributed by atoms with Crippen LogP contribution in [0.15, 0.2) is 0 Å². The van der Waals surface area contributed by atoms with E-state index in [9.17, 15) is 4.79 Å². The second-order valence-electron chi connectivity index (χ2n) is 4.72. The van der Waals surface area contributed by atoms with Crippen molar-refractivity contribution in [3.63, 3.8) is 0 Å². The fraction of sp³-hybridized carbons (Fsp3) is 0.909. The van der Waals surface area contributed by atoms with Crippen LogP contribution in [0.5, 0.6) is 0 Å². The molecular formula is C11H20N2O. The van der Waals surface area contributed by atoms with Gasteiger partial charge < -0.3 is 11.1 Å². The molecule has 3 nitrogen and oxygen atoms in total. The van der Waals surface area contributed by atoms with E-state index in [1.807, 2.05) is 0 Å². The highest BCUT2D eigenvalue weighted by Gasteiger charge is 2.30. The molecule has 80 valence electrons. The van der Waals surface area contributed by atoms with E-state index < -0.39 is 0 Å². The number of amides is 1. The van der Waals surface area contributed by atoms with Crippen LogP contribution in [0.2, 0.25) is 0 Å². The summed E-state index contributed by atoms with van der Waals surface area (Å²) in [6.45, 7) is 0.854. The molecule has 0 bridgehead atoms. The first-order valence-corrected chi connectivity index (χ1v) is 5.80. The molecule has 0 heterocycles. The fourth-order valence-electron chi connectivity index (χ4n) is 2.25. The predicted molar refractivity (Wildman–Crippen MR) is 55.7 cm³/mol. The zero-order valence-corrected chi connectivity index (χ0v) is 8.67. The molecule has 1 amide bonds. The molecule has 0 aromatic heterocycles. The van der Waals surface area contributed by atoms with E-state index >= 15 is 0 Å². The van der Waals surface area contributed by atoms with E-state index in [-0.39, 0.29) is 17.9 Å². The average molecular weight is 196 g/mol. The summed E-state index contributed by atoms with van der Waals surface area (Å²) in [7, 11) is 0. The van der Waals surface area contributed by atoms with Crippen molar-refractivity contribution in [1.82, 2.24) is 5.32 Å². The van der Waals surface area contributed by atoms with Crippen molar-refractivity contribution in [2.45, 2.75) is 44.6 Å². The van der Waals surface area contributed by atoms with Gasteiger partial charge in [0.15, 0.2) is 0 Å². The monoisotopic (exact) mass is 196 g/mol. The number of carbonyl (C=O) groups is 1. The maximum Gasteiger partial charge on any atom is 0.224 e. The van der Waals surface area contributed by atoms with Crippen molar-refractivity contribution < 1.29 is 4.79 Å². The number of rotatable bonds is 4. The molecule has 0 aromatic rings. The Hall–Kier alpha value is -0.570. The lowest BCUT2D eigenvalue weighted by Crippen LogP contribution is -2.39. The fourth-order valence-corrected chi connectivity index (χ4v) is 2.25. The molecular weight excluding hydrogens is 176 g/mol. The Labute approximate surface area is 85.4 Å². The van der Waals surface area contributed by atoms with E-state index in [2.05, 4.69) is 5.32 Å². The van der Waals surface area contributed by atoms with Crippen LogP contribution in [0.3, 0.4) is 0 Å². The Morgan fingerprint density at radius 1 is 1.29 bits per heavy atom. The minimum Gasteiger partial charge on any atom is -0.356 e. The zero-order valence-electron chi connectivity index (χ0n) is 8.67. The lowest BCUT2D eigenvalue weighted by molar-refractivity contribution is -0.125. The second-order valence-corrected chi connectivity index (χ2v) is 4.72. The molecule has 0 spiro atoms. The van der Waals surface area contributed by atoms with Crippen LogP contribution in [0.1, 0.15) is 38.5 Å². The summed E-state index contributed by atoms with van der Waals surface area (Å²) in [4.78, 5) is 11.7. The van der Waals surface area contributed by atoms with Gasteiger partial charge in [-0.15, -0.1) is 0 Å². The summed E-state index contributed by atoms with van der Waals surface area (Å²) in [6, 6.07) is 0.107. The number of carbonyl (C=O) groups excluding carboxylic acids is 1. The summed E-state index contributed by atoms with van der Waals surface area (Å²) in [6.07, 6.45) is 6.99. The molecule has 14 heavy (non-hydrogen) atoms. The predicted octanol–water partition coefficient (Wildman–Crippen LogP) is 1.03. The van der Waals surface area contributed by atoms with Crippen LogP contribution in [-0.4, -0.2) is 18.5 Å². The molecule has 2 aliphatic carbocycles. The van der Waals surface area contributed by atoms with Gasteiger partial charge in [0.2, 0.25) is 5.91 Å². The van der Waals surface area contributed by atoms with E-state index in [0.717, 1.165) is 38.1 Å². The number of nitrogens with two attached hydrogens (primary N) is 1. The lowest BCUT2D eigenvalue weighted by atomic mass is 10.0. The third kappa shape index (κ3) is 2.47. The van der Waals surface area contributed by atoms with E-state index in [1.165, 1.54) is 12.8 Å². The molecule has 3 heteroatoms. The molecule has 2 atom stereocenters. The molecule has 0 saturated heterocycles. The van der Waals surface area contributed by atoms with Crippen LogP contribution >= 0.6 is 0 Å². The molecule has 0 aromatic carbocycles. The van der Waals surface area contributed by atoms with E-state index in [4.69, 9.17) is 5.73 Å². The molecule has 2 aliphatic rings. The Kier molecular flexibility index (Phi) is 3.06. The summed E-state index contributed by atoms with van der Waals surface area (Å²) in [5.41, 5.74) is 5.86. The summed E-state index contributed by atoms with van der Waals surface area (Å²) in [5.74, 6) is 1.18. The van der Waals surface area contributed by atoms with E-state index in [1.54, 1.807) is 0 Å². The van der Waals surface area contributed by atoms with Gasteiger partial charge in [0.05, 0.1) is 5.92 Å². The molecule has 0 aliphatic heterocycles. The lowest BCUT2D eigenvalue weighted by Gasteiger charge is -2.14.